The largest absolute Gasteiger partial charge is 0.467 e. The Morgan fingerprint density at radius 1 is 1.20 bits per heavy atom. The van der Waals surface area contributed by atoms with Gasteiger partial charge in [-0.15, -0.1) is 0 Å². The topological polar surface area (TPSA) is 62.6 Å². The number of rotatable bonds is 3. The van der Waals surface area contributed by atoms with Gasteiger partial charge < -0.3 is 14.6 Å². The van der Waals surface area contributed by atoms with E-state index >= 15 is 0 Å². The Morgan fingerprint density at radius 2 is 2.03 bits per heavy atom. The number of hydrogen-bond donors (Lipinski definition) is 1. The number of nitrogens with one attached hydrogen (secondary N) is 1. The van der Waals surface area contributed by atoms with Gasteiger partial charge in [0.05, 0.1) is 12.8 Å². The van der Waals surface area contributed by atoms with Crippen LogP contribution in [0.1, 0.15) is 58.1 Å². The van der Waals surface area contributed by atoms with Crippen LogP contribution in [0, 0.1) is 34.5 Å². The van der Waals surface area contributed by atoms with Crippen molar-refractivity contribution in [2.45, 2.75) is 65.0 Å². The van der Waals surface area contributed by atoms with Crippen molar-refractivity contribution in [3.8, 4) is 0 Å². The lowest BCUT2D eigenvalue weighted by molar-refractivity contribution is -0.142. The Labute approximate surface area is 179 Å². The maximum Gasteiger partial charge on any atom is 0.246 e. The second-order valence-electron chi connectivity index (χ2n) is 10.6. The Balaban J connectivity index is 1.34. The third-order valence-corrected chi connectivity index (χ3v) is 9.46. The molecule has 5 rings (SSSR count). The summed E-state index contributed by atoms with van der Waals surface area (Å²) in [4.78, 5) is 27.3. The minimum atomic E-state index is 0.0620. The van der Waals surface area contributed by atoms with Crippen molar-refractivity contribution in [2.24, 2.45) is 34.5 Å². The third-order valence-electron chi connectivity index (χ3n) is 9.46. The standard InChI is InChI=1S/C25H34N2O3/c1-24-12-10-19-17(6-9-21-25(19,2)13-11-22(28)27(21)3)18(24)7-8-20(24)23(29)26-15-16-5-4-14-30-16/h4-5,11,13-14,17-21H,6-10,12,15H2,1-3H3,(H,26,29)/t17-,18-,19-,20+,21+,24-,25+/m0/s1. The lowest BCUT2D eigenvalue weighted by atomic mass is 9.47. The molecule has 0 aromatic carbocycles. The van der Waals surface area contributed by atoms with Crippen molar-refractivity contribution in [2.75, 3.05) is 7.05 Å². The fourth-order valence-corrected chi connectivity index (χ4v) is 7.88. The maximum absolute atomic E-state index is 13.1. The van der Waals surface area contributed by atoms with Gasteiger partial charge in [0.15, 0.2) is 0 Å². The normalized spacial score (nSPS) is 42.4. The summed E-state index contributed by atoms with van der Waals surface area (Å²) < 4.78 is 5.38. The summed E-state index contributed by atoms with van der Waals surface area (Å²) in [6.45, 7) is 5.22. The maximum atomic E-state index is 13.1. The van der Waals surface area contributed by atoms with E-state index in [9.17, 15) is 9.59 Å². The first-order valence-electron chi connectivity index (χ1n) is 11.6. The van der Waals surface area contributed by atoms with Gasteiger partial charge in [-0.1, -0.05) is 19.9 Å². The summed E-state index contributed by atoms with van der Waals surface area (Å²) in [5.74, 6) is 3.09. The van der Waals surface area contributed by atoms with Gasteiger partial charge in [0.1, 0.15) is 5.76 Å². The molecule has 5 heteroatoms. The molecule has 5 nitrogen and oxygen atoms in total. The molecule has 1 aliphatic heterocycles. The number of furan rings is 1. The molecule has 0 unspecified atom stereocenters. The average Bonchev–Trinajstić information content (AvgIpc) is 3.36. The summed E-state index contributed by atoms with van der Waals surface area (Å²) in [7, 11) is 1.97. The lowest BCUT2D eigenvalue weighted by Crippen LogP contribution is -2.59. The Bertz CT molecular complexity index is 862. The summed E-state index contributed by atoms with van der Waals surface area (Å²) in [5.41, 5.74) is 0.143. The predicted octanol–water partition coefficient (Wildman–Crippen LogP) is 4.15. The Hall–Kier alpha value is -2.04. The third kappa shape index (κ3) is 2.80. The van der Waals surface area contributed by atoms with E-state index in [1.165, 1.54) is 6.42 Å². The molecule has 4 aliphatic rings. The van der Waals surface area contributed by atoms with E-state index in [-0.39, 0.29) is 28.6 Å². The van der Waals surface area contributed by atoms with Crippen molar-refractivity contribution in [1.29, 1.82) is 0 Å². The van der Waals surface area contributed by atoms with Gasteiger partial charge in [-0.05, 0) is 79.9 Å². The van der Waals surface area contributed by atoms with Crippen molar-refractivity contribution < 1.29 is 14.0 Å². The first-order valence-corrected chi connectivity index (χ1v) is 11.6. The van der Waals surface area contributed by atoms with Crippen molar-refractivity contribution in [1.82, 2.24) is 10.2 Å². The van der Waals surface area contributed by atoms with Gasteiger partial charge in [0.25, 0.3) is 0 Å². The number of likely N-dealkylation sites (N-methyl/N-ethyl adjacent to an activating group) is 1. The number of amides is 2. The fraction of sp³-hybridized carbons (Fsp3) is 0.680. The average molecular weight is 411 g/mol. The van der Waals surface area contributed by atoms with Crippen molar-refractivity contribution in [3.05, 3.63) is 36.3 Å². The zero-order chi connectivity index (χ0) is 21.1. The summed E-state index contributed by atoms with van der Waals surface area (Å²) in [5, 5.41) is 3.13. The number of carbonyl (C=O) groups excluding carboxylic acids is 2. The van der Waals surface area contributed by atoms with Crippen molar-refractivity contribution in [3.63, 3.8) is 0 Å². The Morgan fingerprint density at radius 3 is 2.80 bits per heavy atom. The molecule has 0 spiro atoms. The molecule has 1 N–H and O–H groups in total. The molecule has 2 amide bonds. The van der Waals surface area contributed by atoms with E-state index in [2.05, 4.69) is 25.2 Å². The number of fused-ring (bicyclic) bond motifs is 5. The number of hydrogen-bond acceptors (Lipinski definition) is 3. The molecular weight excluding hydrogens is 376 g/mol. The van der Waals surface area contributed by atoms with Crippen LogP contribution in [0.15, 0.2) is 35.0 Å². The zero-order valence-corrected chi connectivity index (χ0v) is 18.4. The molecule has 0 saturated heterocycles. The molecule has 2 heterocycles. The van der Waals surface area contributed by atoms with Gasteiger partial charge >= 0.3 is 0 Å². The monoisotopic (exact) mass is 410 g/mol. The van der Waals surface area contributed by atoms with Crippen molar-refractivity contribution >= 4 is 11.8 Å². The van der Waals surface area contributed by atoms with E-state index in [0.29, 0.717) is 30.3 Å². The van der Waals surface area contributed by atoms with Crippen LogP contribution in [0.3, 0.4) is 0 Å². The number of carbonyl (C=O) groups is 2. The quantitative estimate of drug-likeness (QED) is 0.814. The highest BCUT2D eigenvalue weighted by atomic mass is 16.3. The smallest absolute Gasteiger partial charge is 0.246 e. The zero-order valence-electron chi connectivity index (χ0n) is 18.4. The van der Waals surface area contributed by atoms with E-state index in [0.717, 1.165) is 37.9 Å². The lowest BCUT2D eigenvalue weighted by Gasteiger charge is -2.60. The molecule has 1 aromatic heterocycles. The minimum Gasteiger partial charge on any atom is -0.467 e. The van der Waals surface area contributed by atoms with Crippen LogP contribution in [0.5, 0.6) is 0 Å². The molecule has 0 bridgehead atoms. The highest BCUT2D eigenvalue weighted by Gasteiger charge is 2.61. The van der Waals surface area contributed by atoms with Gasteiger partial charge in [0.2, 0.25) is 11.8 Å². The SMILES string of the molecule is CN1C(=O)C=C[C@]2(C)[C@H]3CC[C@]4(C)[C@@H](C(=O)NCc5ccco5)CC[C@H]4[C@@H]3CC[C@@H]12. The van der Waals surface area contributed by atoms with Crippen LogP contribution >= 0.6 is 0 Å². The summed E-state index contributed by atoms with van der Waals surface area (Å²) >= 11 is 0. The second kappa shape index (κ2) is 7.00. The van der Waals surface area contributed by atoms with Crippen LogP contribution in [0.2, 0.25) is 0 Å². The Kier molecular flexibility index (Phi) is 4.64. The van der Waals surface area contributed by atoms with Gasteiger partial charge in [0, 0.05) is 24.4 Å². The first-order chi connectivity index (χ1) is 14.3. The van der Waals surface area contributed by atoms with Crippen LogP contribution < -0.4 is 5.32 Å². The summed E-state index contributed by atoms with van der Waals surface area (Å²) in [6.07, 6.45) is 12.3. The summed E-state index contributed by atoms with van der Waals surface area (Å²) in [6, 6.07) is 4.08. The highest BCUT2D eigenvalue weighted by molar-refractivity contribution is 5.89. The molecule has 0 radical (unpaired) electrons. The van der Waals surface area contributed by atoms with Gasteiger partial charge in [-0.25, -0.2) is 0 Å². The van der Waals surface area contributed by atoms with Crippen LogP contribution in [-0.2, 0) is 16.1 Å². The minimum absolute atomic E-state index is 0.0620. The second-order valence-corrected chi connectivity index (χ2v) is 10.6. The predicted molar refractivity (Wildman–Crippen MR) is 114 cm³/mol. The molecule has 7 atom stereocenters. The first kappa shape index (κ1) is 19.9. The molecule has 3 saturated carbocycles. The molecule has 3 aliphatic carbocycles. The van der Waals surface area contributed by atoms with E-state index < -0.39 is 0 Å². The fourth-order valence-electron chi connectivity index (χ4n) is 7.88. The van der Waals surface area contributed by atoms with E-state index in [1.807, 2.05) is 24.1 Å². The molecule has 3 fully saturated rings. The van der Waals surface area contributed by atoms with E-state index in [1.54, 1.807) is 12.3 Å². The molecule has 162 valence electrons. The molecular formula is C25H34N2O3. The van der Waals surface area contributed by atoms with Crippen LogP contribution in [-0.4, -0.2) is 29.8 Å². The van der Waals surface area contributed by atoms with Crippen LogP contribution in [0.25, 0.3) is 0 Å². The molecule has 30 heavy (non-hydrogen) atoms. The van der Waals surface area contributed by atoms with E-state index in [4.69, 9.17) is 4.42 Å². The highest BCUT2D eigenvalue weighted by Crippen LogP contribution is 2.65. The number of nitrogens with zero attached hydrogens (tertiary/aromatic N) is 1. The van der Waals surface area contributed by atoms with Crippen LogP contribution in [0.4, 0.5) is 0 Å². The molecule has 1 aromatic rings. The van der Waals surface area contributed by atoms with Gasteiger partial charge in [-0.3, -0.25) is 9.59 Å². The van der Waals surface area contributed by atoms with Gasteiger partial charge in [-0.2, -0.15) is 0 Å².